The third kappa shape index (κ3) is 2.45. The maximum Gasteiger partial charge on any atom is 0.0606 e. The second kappa shape index (κ2) is 4.36. The van der Waals surface area contributed by atoms with Gasteiger partial charge in [-0.2, -0.15) is 5.06 Å². The molecular weight excluding hydrogens is 222 g/mol. The Bertz CT molecular complexity index is 414. The molecule has 1 unspecified atom stereocenters. The lowest BCUT2D eigenvalue weighted by molar-refractivity contribution is -0.165. The van der Waals surface area contributed by atoms with Crippen LogP contribution in [0.1, 0.15) is 64.6 Å². The van der Waals surface area contributed by atoms with Crippen LogP contribution in [0.25, 0.3) is 0 Å². The molecule has 1 aromatic carbocycles. The molecule has 18 heavy (non-hydrogen) atoms. The van der Waals surface area contributed by atoms with Gasteiger partial charge in [-0.05, 0) is 43.2 Å². The monoisotopic (exact) mass is 247 g/mol. The molecule has 1 N–H and O–H groups in total. The van der Waals surface area contributed by atoms with Gasteiger partial charge in [-0.15, -0.1) is 0 Å². The molecule has 0 aliphatic carbocycles. The molecule has 0 aromatic heterocycles. The fourth-order valence-corrected chi connectivity index (χ4v) is 2.66. The number of benzene rings is 1. The minimum atomic E-state index is -0.104. The maximum absolute atomic E-state index is 10.2. The number of hydroxylamine groups is 2. The van der Waals surface area contributed by atoms with Crippen LogP contribution in [0.15, 0.2) is 24.3 Å². The van der Waals surface area contributed by atoms with Crippen molar-refractivity contribution in [1.29, 1.82) is 0 Å². The maximum atomic E-state index is 10.2. The summed E-state index contributed by atoms with van der Waals surface area (Å²) in [5.74, 6) is 0. The summed E-state index contributed by atoms with van der Waals surface area (Å²) in [4.78, 5) is 0. The highest BCUT2D eigenvalue weighted by Gasteiger charge is 2.39. The van der Waals surface area contributed by atoms with Gasteiger partial charge in [0.2, 0.25) is 0 Å². The summed E-state index contributed by atoms with van der Waals surface area (Å²) in [6.07, 6.45) is 2.06. The Balaban J connectivity index is 2.21. The largest absolute Gasteiger partial charge is 0.313 e. The van der Waals surface area contributed by atoms with E-state index in [1.54, 1.807) is 0 Å². The van der Waals surface area contributed by atoms with Crippen molar-refractivity contribution >= 4 is 0 Å². The first-order valence-electron chi connectivity index (χ1n) is 6.80. The van der Waals surface area contributed by atoms with Crippen molar-refractivity contribution in [3.05, 3.63) is 35.4 Å². The smallest absolute Gasteiger partial charge is 0.0606 e. The molecule has 100 valence electrons. The van der Waals surface area contributed by atoms with Gasteiger partial charge in [0.15, 0.2) is 0 Å². The van der Waals surface area contributed by atoms with Gasteiger partial charge in [-0.25, -0.2) is 0 Å². The van der Waals surface area contributed by atoms with E-state index in [2.05, 4.69) is 58.9 Å². The topological polar surface area (TPSA) is 23.5 Å². The molecule has 1 heterocycles. The highest BCUT2D eigenvalue weighted by molar-refractivity contribution is 5.29. The molecule has 0 radical (unpaired) electrons. The standard InChI is InChI=1S/C16H25NO/c1-15(2,3)13-8-6-12(7-9-13)14-10-11-16(4,5)17(14)18/h6-9,14,18H,10-11H2,1-5H3. The van der Waals surface area contributed by atoms with Crippen LogP contribution in [0.2, 0.25) is 0 Å². The summed E-state index contributed by atoms with van der Waals surface area (Å²) in [5, 5.41) is 11.8. The average Bonchev–Trinajstić information content (AvgIpc) is 2.53. The number of rotatable bonds is 1. The summed E-state index contributed by atoms with van der Waals surface area (Å²) < 4.78 is 0. The second-order valence-corrected chi connectivity index (χ2v) is 7.08. The molecule has 1 atom stereocenters. The molecule has 1 aliphatic heterocycles. The zero-order valence-electron chi connectivity index (χ0n) is 12.2. The van der Waals surface area contributed by atoms with Gasteiger partial charge in [0.1, 0.15) is 0 Å². The van der Waals surface area contributed by atoms with E-state index in [9.17, 15) is 5.21 Å². The van der Waals surface area contributed by atoms with Crippen molar-refractivity contribution in [3.63, 3.8) is 0 Å². The predicted octanol–water partition coefficient (Wildman–Crippen LogP) is 4.29. The van der Waals surface area contributed by atoms with E-state index in [1.807, 2.05) is 0 Å². The molecule has 0 spiro atoms. The summed E-state index contributed by atoms with van der Waals surface area (Å²) in [6, 6.07) is 8.85. The predicted molar refractivity (Wildman–Crippen MR) is 74.8 cm³/mol. The molecule has 1 aromatic rings. The van der Waals surface area contributed by atoms with Crippen molar-refractivity contribution in [2.75, 3.05) is 0 Å². The zero-order valence-corrected chi connectivity index (χ0v) is 12.2. The van der Waals surface area contributed by atoms with Crippen molar-refractivity contribution in [2.24, 2.45) is 0 Å². The highest BCUT2D eigenvalue weighted by atomic mass is 16.5. The van der Waals surface area contributed by atoms with Crippen LogP contribution in [0.3, 0.4) is 0 Å². The van der Waals surface area contributed by atoms with Crippen molar-refractivity contribution < 1.29 is 5.21 Å². The van der Waals surface area contributed by atoms with E-state index in [0.717, 1.165) is 12.8 Å². The van der Waals surface area contributed by atoms with E-state index < -0.39 is 0 Å². The number of hydrogen-bond donors (Lipinski definition) is 1. The van der Waals surface area contributed by atoms with Gasteiger partial charge in [0.05, 0.1) is 6.04 Å². The van der Waals surface area contributed by atoms with Crippen molar-refractivity contribution in [2.45, 2.75) is 64.5 Å². The van der Waals surface area contributed by atoms with Crippen LogP contribution in [-0.2, 0) is 5.41 Å². The first-order chi connectivity index (χ1) is 8.22. The van der Waals surface area contributed by atoms with Gasteiger partial charge in [-0.3, -0.25) is 0 Å². The van der Waals surface area contributed by atoms with Crippen LogP contribution in [0.4, 0.5) is 0 Å². The van der Waals surface area contributed by atoms with Gasteiger partial charge in [0, 0.05) is 5.54 Å². The van der Waals surface area contributed by atoms with Gasteiger partial charge >= 0.3 is 0 Å². The Labute approximate surface area is 111 Å². The molecule has 0 saturated carbocycles. The summed E-state index contributed by atoms with van der Waals surface area (Å²) in [7, 11) is 0. The highest BCUT2D eigenvalue weighted by Crippen LogP contribution is 2.40. The first-order valence-corrected chi connectivity index (χ1v) is 6.80. The third-order valence-corrected chi connectivity index (χ3v) is 4.11. The van der Waals surface area contributed by atoms with E-state index in [4.69, 9.17) is 0 Å². The van der Waals surface area contributed by atoms with Gasteiger partial charge in [0.25, 0.3) is 0 Å². The molecule has 1 aliphatic rings. The summed E-state index contributed by atoms with van der Waals surface area (Å²) >= 11 is 0. The van der Waals surface area contributed by atoms with Crippen molar-refractivity contribution in [3.8, 4) is 0 Å². The summed E-state index contributed by atoms with van der Waals surface area (Å²) in [6.45, 7) is 10.9. The van der Waals surface area contributed by atoms with E-state index >= 15 is 0 Å². The van der Waals surface area contributed by atoms with E-state index in [-0.39, 0.29) is 17.0 Å². The molecule has 2 heteroatoms. The molecule has 2 nitrogen and oxygen atoms in total. The Hall–Kier alpha value is -0.860. The fourth-order valence-electron chi connectivity index (χ4n) is 2.66. The van der Waals surface area contributed by atoms with Gasteiger partial charge in [-0.1, -0.05) is 45.0 Å². The lowest BCUT2D eigenvalue weighted by Crippen LogP contribution is -2.36. The van der Waals surface area contributed by atoms with Crippen LogP contribution in [-0.4, -0.2) is 15.8 Å². The zero-order chi connectivity index (χ0) is 13.6. The number of hydrogen-bond acceptors (Lipinski definition) is 2. The van der Waals surface area contributed by atoms with E-state index in [1.165, 1.54) is 16.2 Å². The molecule has 2 rings (SSSR count). The normalized spacial score (nSPS) is 24.4. The quantitative estimate of drug-likeness (QED) is 0.800. The molecular formula is C16H25NO. The number of nitrogens with zero attached hydrogens (tertiary/aromatic N) is 1. The minimum Gasteiger partial charge on any atom is -0.313 e. The van der Waals surface area contributed by atoms with Crippen LogP contribution in [0.5, 0.6) is 0 Å². The van der Waals surface area contributed by atoms with Crippen LogP contribution < -0.4 is 0 Å². The minimum absolute atomic E-state index is 0.104. The first kappa shape index (κ1) is 13.6. The molecule has 0 amide bonds. The van der Waals surface area contributed by atoms with Crippen LogP contribution in [0, 0.1) is 0 Å². The third-order valence-electron chi connectivity index (χ3n) is 4.11. The Morgan fingerprint density at radius 3 is 2.11 bits per heavy atom. The fraction of sp³-hybridized carbons (Fsp3) is 0.625. The summed E-state index contributed by atoms with van der Waals surface area (Å²) in [5.41, 5.74) is 2.64. The molecule has 0 bridgehead atoms. The molecule has 1 fully saturated rings. The van der Waals surface area contributed by atoms with Crippen LogP contribution >= 0.6 is 0 Å². The second-order valence-electron chi connectivity index (χ2n) is 7.08. The Kier molecular flexibility index (Phi) is 3.28. The average molecular weight is 247 g/mol. The molecule has 1 saturated heterocycles. The SMILES string of the molecule is CC(C)(C)c1ccc(C2CCC(C)(C)N2O)cc1. The lowest BCUT2D eigenvalue weighted by Gasteiger charge is -2.30. The van der Waals surface area contributed by atoms with Gasteiger partial charge < -0.3 is 5.21 Å². The van der Waals surface area contributed by atoms with E-state index in [0.29, 0.717) is 0 Å². The lowest BCUT2D eigenvalue weighted by atomic mass is 9.86. The Morgan fingerprint density at radius 1 is 1.17 bits per heavy atom. The Morgan fingerprint density at radius 2 is 1.72 bits per heavy atom. The van der Waals surface area contributed by atoms with Crippen molar-refractivity contribution in [1.82, 2.24) is 5.06 Å².